The van der Waals surface area contributed by atoms with Crippen LogP contribution in [0.5, 0.6) is 23.0 Å². The van der Waals surface area contributed by atoms with Gasteiger partial charge in [-0.3, -0.25) is 0 Å². The highest BCUT2D eigenvalue weighted by molar-refractivity contribution is 7.89. The first-order chi connectivity index (χ1) is 16.8. The minimum absolute atomic E-state index is 0.163. The molecule has 0 N–H and O–H groups in total. The number of aryl methyl sites for hydroxylation is 1. The summed E-state index contributed by atoms with van der Waals surface area (Å²) in [5, 5.41) is 4.61. The van der Waals surface area contributed by atoms with Crippen molar-refractivity contribution in [1.29, 1.82) is 0 Å². The number of hydrogen-bond donors (Lipinski definition) is 0. The average molecular weight is 497 g/mol. The first-order valence-corrected chi connectivity index (χ1v) is 12.4. The molecule has 0 saturated heterocycles. The number of benzene rings is 3. The van der Waals surface area contributed by atoms with Crippen molar-refractivity contribution in [3.63, 3.8) is 0 Å². The maximum Gasteiger partial charge on any atom is 0.279 e. The van der Waals surface area contributed by atoms with E-state index in [9.17, 15) is 8.42 Å². The molecule has 0 spiro atoms. The van der Waals surface area contributed by atoms with Gasteiger partial charge in [-0.2, -0.15) is 17.9 Å². The molecule has 0 fully saturated rings. The molecule has 1 unspecified atom stereocenters. The zero-order chi connectivity index (χ0) is 25.2. The topological polar surface area (TPSA) is 86.7 Å². The predicted molar refractivity (Wildman–Crippen MR) is 133 cm³/mol. The van der Waals surface area contributed by atoms with Gasteiger partial charge in [0.15, 0.2) is 11.5 Å². The van der Waals surface area contributed by atoms with Gasteiger partial charge in [0, 0.05) is 12.0 Å². The lowest BCUT2D eigenvalue weighted by atomic mass is 9.98. The van der Waals surface area contributed by atoms with Crippen LogP contribution in [0.2, 0.25) is 0 Å². The van der Waals surface area contributed by atoms with Crippen LogP contribution in [-0.2, 0) is 10.0 Å². The molecule has 9 heteroatoms. The summed E-state index contributed by atoms with van der Waals surface area (Å²) in [6.07, 6.45) is 0.344. The molecule has 0 saturated carbocycles. The van der Waals surface area contributed by atoms with Crippen molar-refractivity contribution in [1.82, 2.24) is 4.41 Å². The number of ether oxygens (including phenoxy) is 4. The molecule has 3 aromatic carbocycles. The molecule has 4 rings (SSSR count). The molecular formula is C26H28N2O6S. The van der Waals surface area contributed by atoms with E-state index in [1.165, 1.54) is 25.7 Å². The van der Waals surface area contributed by atoms with Crippen molar-refractivity contribution in [3.05, 3.63) is 77.4 Å². The van der Waals surface area contributed by atoms with Gasteiger partial charge < -0.3 is 18.9 Å². The van der Waals surface area contributed by atoms with Gasteiger partial charge in [-0.15, -0.1) is 0 Å². The number of methoxy groups -OCH3 is 4. The van der Waals surface area contributed by atoms with E-state index in [-0.39, 0.29) is 4.90 Å². The van der Waals surface area contributed by atoms with Gasteiger partial charge >= 0.3 is 0 Å². The largest absolute Gasteiger partial charge is 0.497 e. The van der Waals surface area contributed by atoms with Crippen LogP contribution in [-0.4, -0.2) is 47.0 Å². The van der Waals surface area contributed by atoms with E-state index < -0.39 is 16.1 Å². The summed E-state index contributed by atoms with van der Waals surface area (Å²) < 4.78 is 50.5. The highest BCUT2D eigenvalue weighted by Crippen LogP contribution is 2.44. The molecule has 1 aliphatic heterocycles. The Labute approximate surface area is 205 Å². The summed E-state index contributed by atoms with van der Waals surface area (Å²) in [6, 6.07) is 17.0. The molecule has 35 heavy (non-hydrogen) atoms. The minimum atomic E-state index is -3.96. The Hall–Kier alpha value is -3.72. The maximum atomic E-state index is 13.8. The average Bonchev–Trinajstić information content (AvgIpc) is 3.34. The summed E-state index contributed by atoms with van der Waals surface area (Å²) in [6.45, 7) is 1.91. The molecule has 0 radical (unpaired) electrons. The minimum Gasteiger partial charge on any atom is -0.497 e. The van der Waals surface area contributed by atoms with Crippen LogP contribution in [0.4, 0.5) is 0 Å². The third-order valence-corrected chi connectivity index (χ3v) is 7.61. The Morgan fingerprint density at radius 3 is 2.09 bits per heavy atom. The van der Waals surface area contributed by atoms with Crippen LogP contribution >= 0.6 is 0 Å². The summed E-state index contributed by atoms with van der Waals surface area (Å²) in [7, 11) is 2.19. The Morgan fingerprint density at radius 2 is 1.51 bits per heavy atom. The number of nitrogens with zero attached hydrogens (tertiary/aromatic N) is 2. The van der Waals surface area contributed by atoms with Gasteiger partial charge in [0.05, 0.1) is 45.1 Å². The van der Waals surface area contributed by atoms with Gasteiger partial charge in [0.1, 0.15) is 5.75 Å². The third-order valence-electron chi connectivity index (χ3n) is 5.91. The lowest BCUT2D eigenvalue weighted by Gasteiger charge is -2.25. The Morgan fingerprint density at radius 1 is 0.857 bits per heavy atom. The number of sulfonamides is 1. The molecule has 3 aromatic rings. The fraction of sp³-hybridized carbons (Fsp3) is 0.269. The molecule has 1 heterocycles. The van der Waals surface area contributed by atoms with Gasteiger partial charge in [0.25, 0.3) is 10.0 Å². The molecule has 1 aliphatic rings. The summed E-state index contributed by atoms with van der Waals surface area (Å²) in [5.41, 5.74) is 3.03. The van der Waals surface area contributed by atoms with Crippen LogP contribution in [0.15, 0.2) is 70.7 Å². The third kappa shape index (κ3) is 4.64. The second kappa shape index (κ2) is 9.87. The van der Waals surface area contributed by atoms with E-state index in [0.717, 1.165) is 11.1 Å². The first kappa shape index (κ1) is 24.4. The van der Waals surface area contributed by atoms with E-state index >= 15 is 0 Å². The second-order valence-electron chi connectivity index (χ2n) is 8.05. The smallest absolute Gasteiger partial charge is 0.279 e. The molecule has 8 nitrogen and oxygen atoms in total. The van der Waals surface area contributed by atoms with E-state index in [4.69, 9.17) is 18.9 Å². The van der Waals surface area contributed by atoms with Crippen LogP contribution in [0.3, 0.4) is 0 Å². The first-order valence-electron chi connectivity index (χ1n) is 10.9. The molecular weight excluding hydrogens is 468 g/mol. The van der Waals surface area contributed by atoms with Gasteiger partial charge in [0.2, 0.25) is 5.75 Å². The molecule has 1 atom stereocenters. The van der Waals surface area contributed by atoms with Crippen molar-refractivity contribution in [2.24, 2.45) is 5.10 Å². The van der Waals surface area contributed by atoms with Crippen molar-refractivity contribution >= 4 is 15.7 Å². The van der Waals surface area contributed by atoms with E-state index in [2.05, 4.69) is 5.10 Å². The van der Waals surface area contributed by atoms with E-state index in [0.29, 0.717) is 40.7 Å². The molecule has 0 amide bonds. The molecule has 0 aromatic heterocycles. The summed E-state index contributed by atoms with van der Waals surface area (Å²) >= 11 is 0. The predicted octanol–water partition coefficient (Wildman–Crippen LogP) is 4.57. The van der Waals surface area contributed by atoms with Crippen LogP contribution < -0.4 is 18.9 Å². The zero-order valence-electron chi connectivity index (χ0n) is 20.3. The fourth-order valence-corrected chi connectivity index (χ4v) is 5.48. The van der Waals surface area contributed by atoms with E-state index in [1.54, 1.807) is 43.5 Å². The molecule has 0 bridgehead atoms. The highest BCUT2D eigenvalue weighted by atomic mass is 32.2. The molecule has 184 valence electrons. The zero-order valence-corrected chi connectivity index (χ0v) is 21.1. The van der Waals surface area contributed by atoms with E-state index in [1.807, 2.05) is 31.2 Å². The van der Waals surface area contributed by atoms with Crippen LogP contribution in [0, 0.1) is 6.92 Å². The van der Waals surface area contributed by atoms with Crippen LogP contribution in [0.25, 0.3) is 0 Å². The van der Waals surface area contributed by atoms with Gasteiger partial charge in [-0.05, 0) is 48.9 Å². The monoisotopic (exact) mass is 496 g/mol. The Bertz CT molecular complexity index is 1330. The standard InChI is InChI=1S/C26H28N2O6S/c1-17-9-11-21(12-10-17)35(29,30)28-23(16-22(27-28)18-7-6-8-20(13-18)31-2)19-14-24(32-3)26(34-5)25(15-19)33-4/h6-15,23H,16H2,1-5H3. The van der Waals surface area contributed by atoms with Crippen LogP contribution in [0.1, 0.15) is 29.2 Å². The Kier molecular flexibility index (Phi) is 6.88. The quantitative estimate of drug-likeness (QED) is 0.454. The number of hydrazone groups is 1. The second-order valence-corrected chi connectivity index (χ2v) is 9.84. The SMILES string of the molecule is COc1cccc(C2=NN(S(=O)(=O)c3ccc(C)cc3)C(c3cc(OC)c(OC)c(OC)c3)C2)c1. The van der Waals surface area contributed by atoms with Gasteiger partial charge in [-0.25, -0.2) is 0 Å². The van der Waals surface area contributed by atoms with Crippen molar-refractivity contribution in [2.75, 3.05) is 28.4 Å². The Balaban J connectivity index is 1.86. The number of hydrogen-bond acceptors (Lipinski definition) is 7. The van der Waals surface area contributed by atoms with Crippen molar-refractivity contribution in [2.45, 2.75) is 24.3 Å². The molecule has 0 aliphatic carbocycles. The lowest BCUT2D eigenvalue weighted by Crippen LogP contribution is -2.27. The van der Waals surface area contributed by atoms with Gasteiger partial charge in [-0.1, -0.05) is 29.8 Å². The normalized spacial score (nSPS) is 15.5. The highest BCUT2D eigenvalue weighted by Gasteiger charge is 2.38. The van der Waals surface area contributed by atoms with Crippen molar-refractivity contribution < 1.29 is 27.4 Å². The maximum absolute atomic E-state index is 13.8. The lowest BCUT2D eigenvalue weighted by molar-refractivity contribution is 0.319. The summed E-state index contributed by atoms with van der Waals surface area (Å²) in [4.78, 5) is 0.163. The summed E-state index contributed by atoms with van der Waals surface area (Å²) in [5.74, 6) is 1.96. The van der Waals surface area contributed by atoms with Crippen molar-refractivity contribution in [3.8, 4) is 23.0 Å². The fourth-order valence-electron chi connectivity index (χ4n) is 4.05. The number of rotatable bonds is 8.